The third-order valence-corrected chi connectivity index (χ3v) is 3.44. The number of ether oxygens (including phenoxy) is 2. The molecule has 2 aromatic rings. The molecule has 0 saturated heterocycles. The molecule has 1 unspecified atom stereocenters. The van der Waals surface area contributed by atoms with E-state index in [0.717, 1.165) is 0 Å². The van der Waals surface area contributed by atoms with Gasteiger partial charge in [-0.3, -0.25) is 9.59 Å². The molecule has 2 aromatic carbocycles. The first-order valence-corrected chi connectivity index (χ1v) is 8.49. The number of rotatable bonds is 6. The van der Waals surface area contributed by atoms with Crippen LogP contribution in [0.4, 0.5) is 0 Å². The van der Waals surface area contributed by atoms with Gasteiger partial charge in [0.2, 0.25) is 5.01 Å². The van der Waals surface area contributed by atoms with E-state index in [1.807, 2.05) is 0 Å². The summed E-state index contributed by atoms with van der Waals surface area (Å²) in [5.41, 5.74) is 0.694. The number of hydrogen-bond acceptors (Lipinski definition) is 6. The lowest BCUT2D eigenvalue weighted by atomic mass is 10.2. The maximum Gasteiger partial charge on any atom is 0.340 e. The van der Waals surface area contributed by atoms with Crippen molar-refractivity contribution in [2.75, 3.05) is 6.61 Å². The molecule has 1 atom stereocenters. The topological polar surface area (TPSA) is 86.7 Å². The Morgan fingerprint density at radius 1 is 1.00 bits per heavy atom. The quantitative estimate of drug-likeness (QED) is 0.388. The monoisotopic (exact) mass is 440 g/mol. The van der Waals surface area contributed by atoms with Crippen LogP contribution in [-0.2, 0) is 19.1 Å². The van der Waals surface area contributed by atoms with Gasteiger partial charge in [-0.05, 0) is 40.2 Å². The van der Waals surface area contributed by atoms with E-state index < -0.39 is 17.0 Å². The summed E-state index contributed by atoms with van der Waals surface area (Å²) in [6.07, 6.45) is 1.01. The molecular weight excluding hydrogens is 428 g/mol. The van der Waals surface area contributed by atoms with Crippen molar-refractivity contribution in [1.29, 1.82) is 0 Å². The lowest BCUT2D eigenvalue weighted by Crippen LogP contribution is -2.13. The van der Waals surface area contributed by atoms with Crippen LogP contribution in [-0.4, -0.2) is 36.1 Å². The van der Waals surface area contributed by atoms with Crippen LogP contribution in [0.2, 0.25) is 5.02 Å². The molecule has 0 saturated carbocycles. The SMILES string of the molecule is O=CC(Br)OC(=O)c1ccccc1.O=CCOC(=O)c1ccccc1Cl. The molecular formula is C18H14BrClO6. The lowest BCUT2D eigenvalue weighted by molar-refractivity contribution is -0.111. The second-order valence-corrected chi connectivity index (χ2v) is 5.81. The number of hydrogen-bond donors (Lipinski definition) is 0. The van der Waals surface area contributed by atoms with E-state index in [9.17, 15) is 19.2 Å². The Balaban J connectivity index is 0.000000260. The van der Waals surface area contributed by atoms with Crippen molar-refractivity contribution in [2.24, 2.45) is 0 Å². The molecule has 6 nitrogen and oxygen atoms in total. The van der Waals surface area contributed by atoms with E-state index in [2.05, 4.69) is 20.7 Å². The number of carbonyl (C=O) groups excluding carboxylic acids is 4. The molecule has 0 amide bonds. The molecule has 0 aliphatic rings. The normalized spacial score (nSPS) is 10.5. The summed E-state index contributed by atoms with van der Waals surface area (Å²) in [7, 11) is 0. The fourth-order valence-corrected chi connectivity index (χ4v) is 1.97. The predicted molar refractivity (Wildman–Crippen MR) is 98.4 cm³/mol. The molecule has 0 aliphatic heterocycles. The average molecular weight is 442 g/mol. The first kappa shape index (κ1) is 21.5. The molecule has 26 heavy (non-hydrogen) atoms. The van der Waals surface area contributed by atoms with E-state index in [1.54, 1.807) is 48.5 Å². The van der Waals surface area contributed by atoms with Gasteiger partial charge in [0.25, 0.3) is 0 Å². The Bertz CT molecular complexity index is 750. The summed E-state index contributed by atoms with van der Waals surface area (Å²) in [5.74, 6) is -1.10. The van der Waals surface area contributed by atoms with Gasteiger partial charge in [0.05, 0.1) is 16.1 Å². The molecule has 0 bridgehead atoms. The molecule has 0 N–H and O–H groups in total. The summed E-state index contributed by atoms with van der Waals surface area (Å²) in [5, 5.41) is -0.557. The van der Waals surface area contributed by atoms with Gasteiger partial charge in [-0.1, -0.05) is 41.9 Å². The fourth-order valence-electron chi connectivity index (χ4n) is 1.59. The maximum atomic E-state index is 11.2. The summed E-state index contributed by atoms with van der Waals surface area (Å²) in [6, 6.07) is 15.0. The highest BCUT2D eigenvalue weighted by Gasteiger charge is 2.11. The highest BCUT2D eigenvalue weighted by molar-refractivity contribution is 9.09. The number of esters is 2. The lowest BCUT2D eigenvalue weighted by Gasteiger charge is -2.04. The molecule has 0 heterocycles. The minimum Gasteiger partial charge on any atom is -0.454 e. The number of aldehydes is 2. The van der Waals surface area contributed by atoms with Crippen LogP contribution in [0.1, 0.15) is 20.7 Å². The van der Waals surface area contributed by atoms with Gasteiger partial charge < -0.3 is 9.47 Å². The molecule has 0 radical (unpaired) electrons. The van der Waals surface area contributed by atoms with Crippen molar-refractivity contribution < 1.29 is 28.7 Å². The Morgan fingerprint density at radius 2 is 1.62 bits per heavy atom. The largest absolute Gasteiger partial charge is 0.454 e. The van der Waals surface area contributed by atoms with Crippen molar-refractivity contribution in [3.05, 3.63) is 70.7 Å². The Kier molecular flexibility index (Phi) is 9.89. The summed E-state index contributed by atoms with van der Waals surface area (Å²) >= 11 is 8.57. The molecule has 0 aliphatic carbocycles. The molecule has 136 valence electrons. The van der Waals surface area contributed by atoms with Gasteiger partial charge in [-0.15, -0.1) is 0 Å². The smallest absolute Gasteiger partial charge is 0.340 e. The average Bonchev–Trinajstić information content (AvgIpc) is 2.67. The zero-order valence-electron chi connectivity index (χ0n) is 13.3. The van der Waals surface area contributed by atoms with Crippen LogP contribution in [0.25, 0.3) is 0 Å². The first-order valence-electron chi connectivity index (χ1n) is 7.20. The van der Waals surface area contributed by atoms with Crippen LogP contribution in [0, 0.1) is 0 Å². The van der Waals surface area contributed by atoms with Crippen molar-refractivity contribution in [3.63, 3.8) is 0 Å². The van der Waals surface area contributed by atoms with Gasteiger partial charge in [-0.25, -0.2) is 9.59 Å². The van der Waals surface area contributed by atoms with E-state index >= 15 is 0 Å². The van der Waals surface area contributed by atoms with Crippen LogP contribution in [0.15, 0.2) is 54.6 Å². The van der Waals surface area contributed by atoms with Crippen LogP contribution < -0.4 is 0 Å². The third-order valence-electron chi connectivity index (χ3n) is 2.71. The van der Waals surface area contributed by atoms with Crippen molar-refractivity contribution in [2.45, 2.75) is 5.01 Å². The predicted octanol–water partition coefficient (Wildman–Crippen LogP) is 3.46. The standard InChI is InChI=1S/C9H7BrO3.C9H7ClO3/c10-8(6-11)13-9(12)7-4-2-1-3-5-7;10-8-4-2-1-3-7(8)9(12)13-6-5-11/h1-6,8H;1-5H,6H2. The summed E-state index contributed by atoms with van der Waals surface area (Å²) < 4.78 is 9.26. The van der Waals surface area contributed by atoms with E-state index in [1.165, 1.54) is 6.07 Å². The first-order chi connectivity index (χ1) is 12.5. The van der Waals surface area contributed by atoms with Crippen LogP contribution in [0.5, 0.6) is 0 Å². The minimum absolute atomic E-state index is 0.246. The molecule has 0 fully saturated rings. The van der Waals surface area contributed by atoms with Crippen molar-refractivity contribution in [3.8, 4) is 0 Å². The van der Waals surface area contributed by atoms with Gasteiger partial charge in [0.1, 0.15) is 6.61 Å². The minimum atomic E-state index is -0.875. The second-order valence-electron chi connectivity index (χ2n) is 4.50. The van der Waals surface area contributed by atoms with E-state index in [0.29, 0.717) is 23.2 Å². The number of alkyl halides is 1. The number of benzene rings is 2. The summed E-state index contributed by atoms with van der Waals surface area (Å²) in [4.78, 5) is 42.4. The Morgan fingerprint density at radius 3 is 2.19 bits per heavy atom. The molecule has 2 rings (SSSR count). The molecule has 8 heteroatoms. The van der Waals surface area contributed by atoms with Crippen LogP contribution >= 0.6 is 27.5 Å². The van der Waals surface area contributed by atoms with Crippen LogP contribution in [0.3, 0.4) is 0 Å². The highest BCUT2D eigenvalue weighted by Crippen LogP contribution is 2.15. The summed E-state index contributed by atoms with van der Waals surface area (Å²) in [6.45, 7) is -0.246. The fraction of sp³-hybridized carbons (Fsp3) is 0.111. The van der Waals surface area contributed by atoms with Crippen molar-refractivity contribution in [1.82, 2.24) is 0 Å². The third kappa shape index (κ3) is 7.58. The number of halogens is 2. The number of carbonyl (C=O) groups is 4. The van der Waals surface area contributed by atoms with Gasteiger partial charge in [0.15, 0.2) is 12.6 Å². The van der Waals surface area contributed by atoms with Gasteiger partial charge in [0, 0.05) is 0 Å². The zero-order valence-corrected chi connectivity index (χ0v) is 15.7. The van der Waals surface area contributed by atoms with Gasteiger partial charge >= 0.3 is 11.9 Å². The Labute approximate surface area is 163 Å². The second kappa shape index (κ2) is 11.9. The molecule has 0 spiro atoms. The van der Waals surface area contributed by atoms with Gasteiger partial charge in [-0.2, -0.15) is 0 Å². The maximum absolute atomic E-state index is 11.2. The molecule has 0 aromatic heterocycles. The Hall–Kier alpha value is -2.51. The van der Waals surface area contributed by atoms with Crippen molar-refractivity contribution >= 4 is 52.0 Å². The highest BCUT2D eigenvalue weighted by atomic mass is 79.9. The van der Waals surface area contributed by atoms with E-state index in [-0.39, 0.29) is 12.2 Å². The van der Waals surface area contributed by atoms with E-state index in [4.69, 9.17) is 16.3 Å². The zero-order chi connectivity index (χ0) is 19.4.